The summed E-state index contributed by atoms with van der Waals surface area (Å²) in [6, 6.07) is 8.42. The summed E-state index contributed by atoms with van der Waals surface area (Å²) in [5.41, 5.74) is 1.01. The minimum atomic E-state index is -0.850. The fourth-order valence-corrected chi connectivity index (χ4v) is 3.41. The molecular weight excluding hydrogens is 342 g/mol. The standard InChI is InChI=1S/C18H20ClN3O3/c19-12-5-4-6-13(11-12)22-10-9-16(21-22)17(23)20-15-8-3-1-2-7-14(15)18(24)25/h4-6,9-11,14-15H,1-3,7-8H2,(H,20,23)(H,24,25)/t14-,15+/m1/s1. The van der Waals surface area contributed by atoms with Gasteiger partial charge in [-0.05, 0) is 37.1 Å². The SMILES string of the molecule is O=C(N[C@H]1CCCCC[C@H]1C(=O)O)c1ccn(-c2cccc(Cl)c2)n1. The minimum absolute atomic E-state index is 0.258. The highest BCUT2D eigenvalue weighted by molar-refractivity contribution is 6.30. The second-order valence-electron chi connectivity index (χ2n) is 6.29. The van der Waals surface area contributed by atoms with E-state index in [0.717, 1.165) is 24.9 Å². The molecule has 2 aromatic rings. The number of hydrogen-bond acceptors (Lipinski definition) is 3. The highest BCUT2D eigenvalue weighted by atomic mass is 35.5. The van der Waals surface area contributed by atoms with E-state index in [1.807, 2.05) is 12.1 Å². The predicted octanol–water partition coefficient (Wildman–Crippen LogP) is 3.29. The molecule has 1 amide bonds. The fraction of sp³-hybridized carbons (Fsp3) is 0.389. The Hall–Kier alpha value is -2.34. The third-order valence-corrected chi connectivity index (χ3v) is 4.78. The van der Waals surface area contributed by atoms with Crippen molar-refractivity contribution in [1.82, 2.24) is 15.1 Å². The quantitative estimate of drug-likeness (QED) is 0.818. The number of carboxylic acid groups (broad SMARTS) is 1. The molecule has 7 heteroatoms. The van der Waals surface area contributed by atoms with Crippen LogP contribution in [0.3, 0.4) is 0 Å². The van der Waals surface area contributed by atoms with Crippen molar-refractivity contribution in [2.75, 3.05) is 0 Å². The summed E-state index contributed by atoms with van der Waals surface area (Å²) >= 11 is 5.98. The highest BCUT2D eigenvalue weighted by Gasteiger charge is 2.31. The lowest BCUT2D eigenvalue weighted by Crippen LogP contribution is -2.43. The van der Waals surface area contributed by atoms with Crippen molar-refractivity contribution in [2.24, 2.45) is 5.92 Å². The molecular formula is C18H20ClN3O3. The molecule has 2 N–H and O–H groups in total. The third kappa shape index (κ3) is 4.20. The van der Waals surface area contributed by atoms with Crippen molar-refractivity contribution in [1.29, 1.82) is 0 Å². The Labute approximate surface area is 150 Å². The van der Waals surface area contributed by atoms with E-state index in [9.17, 15) is 14.7 Å². The summed E-state index contributed by atoms with van der Waals surface area (Å²) < 4.78 is 1.57. The van der Waals surface area contributed by atoms with Gasteiger partial charge in [0.2, 0.25) is 0 Å². The molecule has 1 aliphatic carbocycles. The molecule has 1 heterocycles. The number of benzene rings is 1. The van der Waals surface area contributed by atoms with Crippen molar-refractivity contribution in [3.8, 4) is 5.69 Å². The van der Waals surface area contributed by atoms with Gasteiger partial charge in [0.15, 0.2) is 5.69 Å². The van der Waals surface area contributed by atoms with Crippen molar-refractivity contribution >= 4 is 23.5 Å². The zero-order chi connectivity index (χ0) is 17.8. The van der Waals surface area contributed by atoms with Crippen LogP contribution in [0.2, 0.25) is 5.02 Å². The van der Waals surface area contributed by atoms with Crippen LogP contribution in [0, 0.1) is 5.92 Å². The van der Waals surface area contributed by atoms with Crippen molar-refractivity contribution < 1.29 is 14.7 Å². The van der Waals surface area contributed by atoms with Gasteiger partial charge in [0.25, 0.3) is 5.91 Å². The summed E-state index contributed by atoms with van der Waals surface area (Å²) in [6.07, 6.45) is 5.76. The van der Waals surface area contributed by atoms with Crippen molar-refractivity contribution in [3.63, 3.8) is 0 Å². The van der Waals surface area contributed by atoms with Crippen LogP contribution in [-0.4, -0.2) is 32.8 Å². The normalized spacial score (nSPS) is 20.7. The van der Waals surface area contributed by atoms with Gasteiger partial charge in [0.05, 0.1) is 11.6 Å². The van der Waals surface area contributed by atoms with E-state index < -0.39 is 11.9 Å². The zero-order valence-corrected chi connectivity index (χ0v) is 14.4. The smallest absolute Gasteiger partial charge is 0.308 e. The minimum Gasteiger partial charge on any atom is -0.481 e. The molecule has 2 atom stereocenters. The van der Waals surface area contributed by atoms with Gasteiger partial charge in [-0.15, -0.1) is 0 Å². The number of nitrogens with one attached hydrogen (secondary N) is 1. The summed E-state index contributed by atoms with van der Waals surface area (Å²) in [7, 11) is 0. The van der Waals surface area contributed by atoms with E-state index in [1.54, 1.807) is 29.1 Å². The Morgan fingerprint density at radius 3 is 2.76 bits per heavy atom. The number of aliphatic carboxylic acids is 1. The Kier molecular flexibility index (Phi) is 5.38. The van der Waals surface area contributed by atoms with Gasteiger partial charge in [-0.25, -0.2) is 4.68 Å². The molecule has 132 valence electrons. The molecule has 0 aliphatic heterocycles. The number of nitrogens with zero attached hydrogens (tertiary/aromatic N) is 2. The molecule has 0 bridgehead atoms. The number of hydrogen-bond donors (Lipinski definition) is 2. The number of amides is 1. The van der Waals surface area contributed by atoms with Gasteiger partial charge in [0, 0.05) is 17.3 Å². The first-order valence-corrected chi connectivity index (χ1v) is 8.77. The summed E-state index contributed by atoms with van der Waals surface area (Å²) in [5, 5.41) is 17.1. The first-order valence-electron chi connectivity index (χ1n) is 8.40. The Morgan fingerprint density at radius 1 is 1.20 bits per heavy atom. The first kappa shape index (κ1) is 17.5. The van der Waals surface area contributed by atoms with Crippen LogP contribution in [0.1, 0.15) is 42.6 Å². The summed E-state index contributed by atoms with van der Waals surface area (Å²) in [5.74, 6) is -1.74. The number of halogens is 1. The highest BCUT2D eigenvalue weighted by Crippen LogP contribution is 2.24. The van der Waals surface area contributed by atoms with Gasteiger partial charge in [0.1, 0.15) is 0 Å². The lowest BCUT2D eigenvalue weighted by atomic mass is 9.95. The van der Waals surface area contributed by atoms with E-state index in [1.165, 1.54) is 0 Å². The molecule has 1 saturated carbocycles. The Balaban J connectivity index is 1.74. The number of carbonyl (C=O) groups is 2. The van der Waals surface area contributed by atoms with Gasteiger partial charge >= 0.3 is 5.97 Å². The number of rotatable bonds is 4. The van der Waals surface area contributed by atoms with Crippen molar-refractivity contribution in [3.05, 3.63) is 47.2 Å². The predicted molar refractivity (Wildman–Crippen MR) is 94.0 cm³/mol. The molecule has 0 unspecified atom stereocenters. The third-order valence-electron chi connectivity index (χ3n) is 4.54. The molecule has 0 saturated heterocycles. The maximum absolute atomic E-state index is 12.5. The maximum atomic E-state index is 12.5. The molecule has 25 heavy (non-hydrogen) atoms. The van der Waals surface area contributed by atoms with E-state index in [0.29, 0.717) is 17.9 Å². The second kappa shape index (κ2) is 7.70. The molecule has 1 aromatic carbocycles. The Morgan fingerprint density at radius 2 is 2.00 bits per heavy atom. The van der Waals surface area contributed by atoms with Crippen LogP contribution in [-0.2, 0) is 4.79 Å². The number of aromatic nitrogens is 2. The average Bonchev–Trinajstić information content (AvgIpc) is 2.96. The molecule has 1 fully saturated rings. The molecule has 6 nitrogen and oxygen atoms in total. The lowest BCUT2D eigenvalue weighted by molar-refractivity contribution is -0.142. The second-order valence-corrected chi connectivity index (χ2v) is 6.72. The van der Waals surface area contributed by atoms with Crippen LogP contribution >= 0.6 is 11.6 Å². The zero-order valence-electron chi connectivity index (χ0n) is 13.7. The number of carbonyl (C=O) groups excluding carboxylic acids is 1. The number of carboxylic acids is 1. The van der Waals surface area contributed by atoms with Crippen molar-refractivity contribution in [2.45, 2.75) is 38.1 Å². The Bertz CT molecular complexity index is 774. The van der Waals surface area contributed by atoms with Crippen LogP contribution in [0.5, 0.6) is 0 Å². The van der Waals surface area contributed by atoms with E-state index in [-0.39, 0.29) is 17.6 Å². The van der Waals surface area contributed by atoms with Gasteiger partial charge in [-0.1, -0.05) is 36.9 Å². The van der Waals surface area contributed by atoms with E-state index in [2.05, 4.69) is 10.4 Å². The van der Waals surface area contributed by atoms with Gasteiger partial charge in [-0.3, -0.25) is 9.59 Å². The van der Waals surface area contributed by atoms with Crippen LogP contribution in [0.25, 0.3) is 5.69 Å². The van der Waals surface area contributed by atoms with E-state index in [4.69, 9.17) is 11.6 Å². The largest absolute Gasteiger partial charge is 0.481 e. The molecule has 3 rings (SSSR count). The monoisotopic (exact) mass is 361 g/mol. The maximum Gasteiger partial charge on any atom is 0.308 e. The van der Waals surface area contributed by atoms with E-state index >= 15 is 0 Å². The molecule has 1 aliphatic rings. The molecule has 0 radical (unpaired) electrons. The summed E-state index contributed by atoms with van der Waals surface area (Å²) in [6.45, 7) is 0. The van der Waals surface area contributed by atoms with Crippen LogP contribution < -0.4 is 5.32 Å². The fourth-order valence-electron chi connectivity index (χ4n) is 3.23. The molecule has 0 spiro atoms. The summed E-state index contributed by atoms with van der Waals surface area (Å²) in [4.78, 5) is 24.0. The van der Waals surface area contributed by atoms with Crippen LogP contribution in [0.4, 0.5) is 0 Å². The average molecular weight is 362 g/mol. The van der Waals surface area contributed by atoms with Crippen LogP contribution in [0.15, 0.2) is 36.5 Å². The molecule has 1 aromatic heterocycles. The van der Waals surface area contributed by atoms with Gasteiger partial charge in [-0.2, -0.15) is 5.10 Å². The lowest BCUT2D eigenvalue weighted by Gasteiger charge is -2.22. The van der Waals surface area contributed by atoms with Gasteiger partial charge < -0.3 is 10.4 Å². The topological polar surface area (TPSA) is 84.2 Å². The first-order chi connectivity index (χ1) is 12.0.